The minimum atomic E-state index is -3.43. The Kier molecular flexibility index (Phi) is 7.77. The smallest absolute Gasteiger partial charge is 0.248 e. The molecular weight excluding hydrogens is 352 g/mol. The summed E-state index contributed by atoms with van der Waals surface area (Å²) in [4.78, 5) is 12.0. The summed E-state index contributed by atoms with van der Waals surface area (Å²) in [7, 11) is -3.43. The fraction of sp³-hybridized carbons (Fsp3) is 0.316. The van der Waals surface area contributed by atoms with Gasteiger partial charge in [0.15, 0.2) is 0 Å². The van der Waals surface area contributed by atoms with E-state index in [0.29, 0.717) is 12.2 Å². The molecule has 2 N–H and O–H groups in total. The average Bonchev–Trinajstić information content (AvgIpc) is 2.64. The largest absolute Gasteiger partial charge is 0.364 e. The van der Waals surface area contributed by atoms with Crippen molar-refractivity contribution in [2.75, 3.05) is 13.1 Å². The molecule has 0 aliphatic rings. The molecule has 2 aromatic carbocycles. The lowest BCUT2D eigenvalue weighted by Crippen LogP contribution is -2.39. The zero-order chi connectivity index (χ0) is 18.8. The van der Waals surface area contributed by atoms with Gasteiger partial charge in [-0.1, -0.05) is 60.7 Å². The van der Waals surface area contributed by atoms with E-state index in [1.807, 2.05) is 36.4 Å². The van der Waals surface area contributed by atoms with Crippen LogP contribution in [0.15, 0.2) is 60.7 Å². The van der Waals surface area contributed by atoms with Gasteiger partial charge in [-0.2, -0.15) is 0 Å². The highest BCUT2D eigenvalue weighted by atomic mass is 32.2. The molecular formula is C19H24N2O4S. The minimum Gasteiger partial charge on any atom is -0.364 e. The molecule has 0 spiro atoms. The third kappa shape index (κ3) is 7.35. The zero-order valence-electron chi connectivity index (χ0n) is 14.7. The van der Waals surface area contributed by atoms with Crippen LogP contribution < -0.4 is 10.0 Å². The number of ether oxygens (including phenoxy) is 1. The highest BCUT2D eigenvalue weighted by Gasteiger charge is 2.14. The van der Waals surface area contributed by atoms with E-state index < -0.39 is 16.1 Å². The molecule has 2 rings (SSSR count). The van der Waals surface area contributed by atoms with Crippen molar-refractivity contribution >= 4 is 15.9 Å². The van der Waals surface area contributed by atoms with Gasteiger partial charge in [-0.3, -0.25) is 4.79 Å². The van der Waals surface area contributed by atoms with Crippen molar-refractivity contribution in [3.05, 3.63) is 71.8 Å². The Balaban J connectivity index is 1.66. The number of benzene rings is 2. The molecule has 1 unspecified atom stereocenters. The number of amides is 1. The van der Waals surface area contributed by atoms with Crippen molar-refractivity contribution in [2.24, 2.45) is 0 Å². The van der Waals surface area contributed by atoms with E-state index in [1.54, 1.807) is 31.2 Å². The van der Waals surface area contributed by atoms with Gasteiger partial charge in [0.05, 0.1) is 12.4 Å². The second-order valence-electron chi connectivity index (χ2n) is 5.87. The maximum atomic E-state index is 12.0. The first-order chi connectivity index (χ1) is 12.5. The van der Waals surface area contributed by atoms with Gasteiger partial charge in [0.1, 0.15) is 6.10 Å². The molecule has 2 aromatic rings. The lowest BCUT2D eigenvalue weighted by Gasteiger charge is -2.14. The first kappa shape index (κ1) is 20.1. The summed E-state index contributed by atoms with van der Waals surface area (Å²) in [5.74, 6) is -0.360. The SMILES string of the molecule is CC(OCc1ccccc1)C(=O)NCCNS(=O)(=O)Cc1ccccc1. The minimum absolute atomic E-state index is 0.0849. The highest BCUT2D eigenvalue weighted by Crippen LogP contribution is 2.04. The summed E-state index contributed by atoms with van der Waals surface area (Å²) in [6.45, 7) is 2.34. The maximum Gasteiger partial charge on any atom is 0.248 e. The van der Waals surface area contributed by atoms with Crippen molar-refractivity contribution in [1.82, 2.24) is 10.0 Å². The summed E-state index contributed by atoms with van der Waals surface area (Å²) in [6, 6.07) is 18.5. The number of hydrogen-bond acceptors (Lipinski definition) is 4. The van der Waals surface area contributed by atoms with Gasteiger partial charge in [0.2, 0.25) is 15.9 Å². The average molecular weight is 376 g/mol. The molecule has 0 heterocycles. The highest BCUT2D eigenvalue weighted by molar-refractivity contribution is 7.88. The van der Waals surface area contributed by atoms with Gasteiger partial charge in [-0.25, -0.2) is 13.1 Å². The first-order valence-electron chi connectivity index (χ1n) is 8.41. The Hall–Kier alpha value is -2.22. The van der Waals surface area contributed by atoms with Crippen LogP contribution in [0.4, 0.5) is 0 Å². The molecule has 26 heavy (non-hydrogen) atoms. The van der Waals surface area contributed by atoms with Crippen LogP contribution in [0.25, 0.3) is 0 Å². The predicted octanol–water partition coefficient (Wildman–Crippen LogP) is 1.83. The van der Waals surface area contributed by atoms with E-state index in [1.165, 1.54) is 0 Å². The van der Waals surface area contributed by atoms with Gasteiger partial charge in [0.25, 0.3) is 0 Å². The lowest BCUT2D eigenvalue weighted by molar-refractivity contribution is -0.132. The van der Waals surface area contributed by atoms with E-state index in [2.05, 4.69) is 10.0 Å². The molecule has 0 aliphatic heterocycles. The van der Waals surface area contributed by atoms with Crippen LogP contribution in [-0.4, -0.2) is 33.5 Å². The summed E-state index contributed by atoms with van der Waals surface area (Å²) >= 11 is 0. The molecule has 0 fully saturated rings. The molecule has 0 radical (unpaired) electrons. The van der Waals surface area contributed by atoms with Gasteiger partial charge in [0, 0.05) is 13.1 Å². The van der Waals surface area contributed by atoms with Crippen LogP contribution in [-0.2, 0) is 31.9 Å². The second kappa shape index (κ2) is 10.1. The Bertz CT molecular complexity index is 780. The Morgan fingerprint density at radius 2 is 1.54 bits per heavy atom. The molecule has 7 heteroatoms. The molecule has 0 bridgehead atoms. The van der Waals surface area contributed by atoms with Crippen molar-refractivity contribution in [2.45, 2.75) is 25.4 Å². The Morgan fingerprint density at radius 3 is 2.15 bits per heavy atom. The van der Waals surface area contributed by atoms with Crippen molar-refractivity contribution in [1.29, 1.82) is 0 Å². The quantitative estimate of drug-likeness (QED) is 0.620. The maximum absolute atomic E-state index is 12.0. The fourth-order valence-corrected chi connectivity index (χ4v) is 3.40. The van der Waals surface area contributed by atoms with Gasteiger partial charge < -0.3 is 10.1 Å². The van der Waals surface area contributed by atoms with E-state index in [9.17, 15) is 13.2 Å². The topological polar surface area (TPSA) is 84.5 Å². The number of carbonyl (C=O) groups excluding carboxylic acids is 1. The standard InChI is InChI=1S/C19H24N2O4S/c1-16(25-14-17-8-4-2-5-9-17)19(22)20-12-13-21-26(23,24)15-18-10-6-3-7-11-18/h2-11,16,21H,12-15H2,1H3,(H,20,22). The first-order valence-corrected chi connectivity index (χ1v) is 10.1. The Labute approximate surface area is 154 Å². The summed E-state index contributed by atoms with van der Waals surface area (Å²) in [5, 5.41) is 2.66. The number of carbonyl (C=O) groups is 1. The van der Waals surface area contributed by atoms with E-state index >= 15 is 0 Å². The van der Waals surface area contributed by atoms with Crippen molar-refractivity contribution in [3.8, 4) is 0 Å². The molecule has 0 aliphatic carbocycles. The third-order valence-corrected chi connectivity index (χ3v) is 5.02. The normalized spacial score (nSPS) is 12.5. The van der Waals surface area contributed by atoms with Crippen LogP contribution in [0.1, 0.15) is 18.1 Å². The van der Waals surface area contributed by atoms with E-state index in [0.717, 1.165) is 5.56 Å². The molecule has 1 atom stereocenters. The molecule has 140 valence electrons. The van der Waals surface area contributed by atoms with Crippen molar-refractivity contribution in [3.63, 3.8) is 0 Å². The second-order valence-corrected chi connectivity index (χ2v) is 7.68. The third-order valence-electron chi connectivity index (χ3n) is 3.66. The fourth-order valence-electron chi connectivity index (χ4n) is 2.25. The van der Waals surface area contributed by atoms with E-state index in [-0.39, 0.29) is 24.7 Å². The van der Waals surface area contributed by atoms with Crippen LogP contribution in [0.2, 0.25) is 0 Å². The number of rotatable bonds is 10. The lowest BCUT2D eigenvalue weighted by atomic mass is 10.2. The molecule has 1 amide bonds. The van der Waals surface area contributed by atoms with E-state index in [4.69, 9.17) is 4.74 Å². The van der Waals surface area contributed by atoms with Crippen LogP contribution >= 0.6 is 0 Å². The molecule has 0 saturated carbocycles. The van der Waals surface area contributed by atoms with Crippen molar-refractivity contribution < 1.29 is 17.9 Å². The summed E-state index contributed by atoms with van der Waals surface area (Å²) < 4.78 is 32.0. The number of hydrogen-bond donors (Lipinski definition) is 2. The van der Waals surface area contributed by atoms with Crippen LogP contribution in [0.3, 0.4) is 0 Å². The van der Waals surface area contributed by atoms with Gasteiger partial charge in [-0.05, 0) is 18.1 Å². The molecule has 0 saturated heterocycles. The van der Waals surface area contributed by atoms with Crippen LogP contribution in [0, 0.1) is 0 Å². The molecule has 6 nitrogen and oxygen atoms in total. The molecule has 0 aromatic heterocycles. The zero-order valence-corrected chi connectivity index (χ0v) is 15.5. The summed E-state index contributed by atoms with van der Waals surface area (Å²) in [6.07, 6.45) is -0.615. The summed E-state index contributed by atoms with van der Waals surface area (Å²) in [5.41, 5.74) is 1.70. The van der Waals surface area contributed by atoms with Crippen LogP contribution in [0.5, 0.6) is 0 Å². The number of sulfonamides is 1. The predicted molar refractivity (Wildman–Crippen MR) is 101 cm³/mol. The van der Waals surface area contributed by atoms with Gasteiger partial charge in [-0.15, -0.1) is 0 Å². The van der Waals surface area contributed by atoms with Gasteiger partial charge >= 0.3 is 0 Å². The number of nitrogens with one attached hydrogen (secondary N) is 2. The Morgan fingerprint density at radius 1 is 0.962 bits per heavy atom. The monoisotopic (exact) mass is 376 g/mol.